The Bertz CT molecular complexity index is 777. The molecule has 0 spiro atoms. The number of hydrogen-bond acceptors (Lipinski definition) is 6. The molecule has 0 bridgehead atoms. The first kappa shape index (κ1) is 15.8. The smallest absolute Gasteiger partial charge is 0.270 e. The van der Waals surface area contributed by atoms with Crippen LogP contribution in [-0.2, 0) is 27.5 Å². The standard InChI is InChI=1S/C17H16N2O6/c20-16-13-3-1-2-4-14(13)17(21)18(16)7-10-5-12(19(22)23)6-11-8-24-9-25-15(10)11/h1-2,5-6,13-14H,3-4,7-9H2/t13-,14-/m1/s1. The van der Waals surface area contributed by atoms with Gasteiger partial charge >= 0.3 is 0 Å². The Morgan fingerprint density at radius 2 is 1.84 bits per heavy atom. The van der Waals surface area contributed by atoms with E-state index < -0.39 is 4.92 Å². The Balaban J connectivity index is 1.68. The number of nitrogens with zero attached hydrogens (tertiary/aromatic N) is 2. The lowest BCUT2D eigenvalue weighted by Gasteiger charge is -2.22. The second-order valence-corrected chi connectivity index (χ2v) is 6.38. The molecule has 0 radical (unpaired) electrons. The summed E-state index contributed by atoms with van der Waals surface area (Å²) in [6.07, 6.45) is 4.96. The zero-order chi connectivity index (χ0) is 17.6. The SMILES string of the molecule is O=C1[C@@H]2CC=CC[C@H]2C(=O)N1Cc1cc([N+](=O)[O-])cc2c1OCOC2. The van der Waals surface area contributed by atoms with Crippen LogP contribution in [0.4, 0.5) is 5.69 Å². The van der Waals surface area contributed by atoms with E-state index >= 15 is 0 Å². The number of allylic oxidation sites excluding steroid dienone is 2. The summed E-state index contributed by atoms with van der Waals surface area (Å²) >= 11 is 0. The highest BCUT2D eigenvalue weighted by Gasteiger charge is 2.47. The summed E-state index contributed by atoms with van der Waals surface area (Å²) in [7, 11) is 0. The summed E-state index contributed by atoms with van der Waals surface area (Å²) in [4.78, 5) is 37.1. The number of amides is 2. The summed E-state index contributed by atoms with van der Waals surface area (Å²) in [5.74, 6) is -0.615. The van der Waals surface area contributed by atoms with Crippen molar-refractivity contribution >= 4 is 17.5 Å². The van der Waals surface area contributed by atoms with E-state index in [9.17, 15) is 19.7 Å². The molecule has 4 rings (SSSR count). The zero-order valence-corrected chi connectivity index (χ0v) is 13.3. The molecule has 2 aliphatic heterocycles. The van der Waals surface area contributed by atoms with Crippen LogP contribution in [0.25, 0.3) is 0 Å². The third kappa shape index (κ3) is 2.58. The van der Waals surface area contributed by atoms with Crippen molar-refractivity contribution in [2.45, 2.75) is 26.0 Å². The van der Waals surface area contributed by atoms with Crippen LogP contribution in [0.3, 0.4) is 0 Å². The van der Waals surface area contributed by atoms with E-state index in [2.05, 4.69) is 0 Å². The summed E-state index contributed by atoms with van der Waals surface area (Å²) in [5.41, 5.74) is 0.899. The van der Waals surface area contributed by atoms with E-state index in [0.29, 0.717) is 29.7 Å². The average Bonchev–Trinajstić information content (AvgIpc) is 2.87. The number of hydrogen-bond donors (Lipinski definition) is 0. The number of ether oxygens (including phenoxy) is 2. The summed E-state index contributed by atoms with van der Waals surface area (Å²) in [6, 6.07) is 2.76. The largest absolute Gasteiger partial charge is 0.467 e. The number of nitro groups is 1. The molecule has 25 heavy (non-hydrogen) atoms. The van der Waals surface area contributed by atoms with Crippen LogP contribution in [0.2, 0.25) is 0 Å². The molecular weight excluding hydrogens is 328 g/mol. The fourth-order valence-corrected chi connectivity index (χ4v) is 3.70. The third-order valence-electron chi connectivity index (χ3n) is 4.91. The molecule has 1 aromatic carbocycles. The van der Waals surface area contributed by atoms with Crippen molar-refractivity contribution in [3.63, 3.8) is 0 Å². The third-order valence-corrected chi connectivity index (χ3v) is 4.91. The lowest BCUT2D eigenvalue weighted by atomic mass is 9.85. The van der Waals surface area contributed by atoms with Gasteiger partial charge in [0.25, 0.3) is 5.69 Å². The van der Waals surface area contributed by atoms with Crippen molar-refractivity contribution < 1.29 is 24.0 Å². The summed E-state index contributed by atoms with van der Waals surface area (Å²) in [6.45, 7) is 0.213. The Labute approximate surface area is 143 Å². The van der Waals surface area contributed by atoms with Gasteiger partial charge in [-0.25, -0.2) is 0 Å². The molecule has 1 aliphatic carbocycles. The van der Waals surface area contributed by atoms with Crippen molar-refractivity contribution in [2.24, 2.45) is 11.8 Å². The maximum atomic E-state index is 12.6. The normalized spacial score (nSPS) is 24.7. The Morgan fingerprint density at radius 3 is 2.48 bits per heavy atom. The predicted molar refractivity (Wildman–Crippen MR) is 84.3 cm³/mol. The highest BCUT2D eigenvalue weighted by Crippen LogP contribution is 2.38. The molecule has 1 saturated heterocycles. The fourth-order valence-electron chi connectivity index (χ4n) is 3.70. The first-order valence-electron chi connectivity index (χ1n) is 8.07. The number of carbonyl (C=O) groups excluding carboxylic acids is 2. The van der Waals surface area contributed by atoms with Crippen molar-refractivity contribution in [1.29, 1.82) is 0 Å². The first-order chi connectivity index (χ1) is 12.1. The summed E-state index contributed by atoms with van der Waals surface area (Å²) < 4.78 is 10.7. The minimum absolute atomic E-state index is 0.0192. The van der Waals surface area contributed by atoms with Crippen molar-refractivity contribution in [2.75, 3.05) is 6.79 Å². The van der Waals surface area contributed by atoms with E-state index in [0.717, 1.165) is 0 Å². The average molecular weight is 344 g/mol. The van der Waals surface area contributed by atoms with Crippen LogP contribution < -0.4 is 4.74 Å². The second kappa shape index (κ2) is 5.96. The van der Waals surface area contributed by atoms with Gasteiger partial charge in [-0.3, -0.25) is 24.6 Å². The quantitative estimate of drug-likeness (QED) is 0.359. The minimum Gasteiger partial charge on any atom is -0.467 e. The van der Waals surface area contributed by atoms with E-state index in [1.54, 1.807) is 0 Å². The van der Waals surface area contributed by atoms with Crippen molar-refractivity contribution in [1.82, 2.24) is 4.90 Å². The monoisotopic (exact) mass is 344 g/mol. The molecule has 8 heteroatoms. The molecule has 2 atom stereocenters. The van der Waals surface area contributed by atoms with Gasteiger partial charge in [-0.15, -0.1) is 0 Å². The van der Waals surface area contributed by atoms with E-state index in [1.807, 2.05) is 12.2 Å². The summed E-state index contributed by atoms with van der Waals surface area (Å²) in [5, 5.41) is 11.2. The Kier molecular flexibility index (Phi) is 3.76. The number of likely N-dealkylation sites (tertiary alicyclic amines) is 1. The molecule has 1 aromatic rings. The van der Waals surface area contributed by atoms with Crippen LogP contribution in [0.15, 0.2) is 24.3 Å². The number of benzene rings is 1. The molecule has 2 heterocycles. The van der Waals surface area contributed by atoms with Gasteiger partial charge < -0.3 is 9.47 Å². The van der Waals surface area contributed by atoms with Crippen molar-refractivity contribution in [3.8, 4) is 5.75 Å². The van der Waals surface area contributed by atoms with Crippen LogP contribution in [0.5, 0.6) is 5.75 Å². The van der Waals surface area contributed by atoms with Crippen LogP contribution in [0, 0.1) is 22.0 Å². The second-order valence-electron chi connectivity index (χ2n) is 6.38. The molecular formula is C17H16N2O6. The number of carbonyl (C=O) groups is 2. The fraction of sp³-hybridized carbons (Fsp3) is 0.412. The number of non-ortho nitro benzene ring substituents is 1. The lowest BCUT2D eigenvalue weighted by molar-refractivity contribution is -0.385. The van der Waals surface area contributed by atoms with Gasteiger partial charge in [-0.05, 0) is 12.8 Å². The molecule has 130 valence electrons. The molecule has 0 unspecified atom stereocenters. The Morgan fingerprint density at radius 1 is 1.16 bits per heavy atom. The number of nitro benzene ring substituents is 1. The molecule has 3 aliphatic rings. The van der Waals surface area contributed by atoms with Crippen LogP contribution in [0.1, 0.15) is 24.0 Å². The highest BCUT2D eigenvalue weighted by molar-refractivity contribution is 6.05. The number of fused-ring (bicyclic) bond motifs is 2. The Hall–Kier alpha value is -2.74. The maximum Gasteiger partial charge on any atom is 0.270 e. The van der Waals surface area contributed by atoms with Crippen LogP contribution >= 0.6 is 0 Å². The lowest BCUT2D eigenvalue weighted by Crippen LogP contribution is -2.31. The van der Waals surface area contributed by atoms with Gasteiger partial charge in [0, 0.05) is 23.3 Å². The predicted octanol–water partition coefficient (Wildman–Crippen LogP) is 1.91. The zero-order valence-electron chi connectivity index (χ0n) is 13.3. The van der Waals surface area contributed by atoms with E-state index in [4.69, 9.17) is 9.47 Å². The number of imide groups is 1. The number of rotatable bonds is 3. The topological polar surface area (TPSA) is 99.0 Å². The van der Waals surface area contributed by atoms with Crippen LogP contribution in [-0.4, -0.2) is 28.4 Å². The first-order valence-corrected chi connectivity index (χ1v) is 8.07. The molecule has 0 aromatic heterocycles. The molecule has 8 nitrogen and oxygen atoms in total. The van der Waals surface area contributed by atoms with Gasteiger partial charge in [0.15, 0.2) is 6.79 Å². The minimum atomic E-state index is -0.504. The molecule has 2 amide bonds. The van der Waals surface area contributed by atoms with Gasteiger partial charge in [0.05, 0.1) is 29.9 Å². The van der Waals surface area contributed by atoms with E-state index in [1.165, 1.54) is 17.0 Å². The van der Waals surface area contributed by atoms with Crippen molar-refractivity contribution in [3.05, 3.63) is 45.5 Å². The molecule has 0 N–H and O–H groups in total. The van der Waals surface area contributed by atoms with Gasteiger partial charge in [-0.1, -0.05) is 12.2 Å². The highest BCUT2D eigenvalue weighted by atomic mass is 16.7. The van der Waals surface area contributed by atoms with Gasteiger partial charge in [0.1, 0.15) is 5.75 Å². The van der Waals surface area contributed by atoms with E-state index in [-0.39, 0.29) is 49.3 Å². The maximum absolute atomic E-state index is 12.6. The van der Waals surface area contributed by atoms with Gasteiger partial charge in [0.2, 0.25) is 11.8 Å². The molecule has 0 saturated carbocycles. The molecule has 1 fully saturated rings. The van der Waals surface area contributed by atoms with Gasteiger partial charge in [-0.2, -0.15) is 0 Å².